The van der Waals surface area contributed by atoms with Gasteiger partial charge >= 0.3 is 5.97 Å². The summed E-state index contributed by atoms with van der Waals surface area (Å²) in [6.45, 7) is 5.57. The Morgan fingerprint density at radius 1 is 1.31 bits per heavy atom. The summed E-state index contributed by atoms with van der Waals surface area (Å²) in [7, 11) is 0. The zero-order valence-electron chi connectivity index (χ0n) is 14.8. The summed E-state index contributed by atoms with van der Waals surface area (Å²) < 4.78 is 5.34. The van der Waals surface area contributed by atoms with Gasteiger partial charge in [-0.1, -0.05) is 49.0 Å². The molecule has 2 heterocycles. The van der Waals surface area contributed by atoms with Crippen LogP contribution in [-0.2, 0) is 9.53 Å². The molecule has 0 amide bonds. The number of H-pyrrole nitrogens is 1. The zero-order valence-corrected chi connectivity index (χ0v) is 16.4. The minimum absolute atomic E-state index is 0.120. The van der Waals surface area contributed by atoms with Crippen molar-refractivity contribution in [3.63, 3.8) is 0 Å². The van der Waals surface area contributed by atoms with Crippen molar-refractivity contribution in [2.45, 2.75) is 43.7 Å². The van der Waals surface area contributed by atoms with Gasteiger partial charge in [0, 0.05) is 10.9 Å². The summed E-state index contributed by atoms with van der Waals surface area (Å²) in [5, 5.41) is 2.51. The van der Waals surface area contributed by atoms with Crippen LogP contribution in [0.4, 0.5) is 0 Å². The van der Waals surface area contributed by atoms with E-state index in [0.29, 0.717) is 15.4 Å². The SMILES string of the molecule is CCC(C)OC(=O)C(C)Sc1nc2scc(-c3ccccc3)c2c(=O)[nH]1. The molecule has 0 aliphatic heterocycles. The molecule has 0 aliphatic rings. The standard InChI is InChI=1S/C19H20N2O3S2/c1-4-11(2)24-18(23)12(3)26-19-20-16(22)15-14(10-25-17(15)21-19)13-8-6-5-7-9-13/h5-12H,4H2,1-3H3,(H,20,21,22). The first-order chi connectivity index (χ1) is 12.5. The smallest absolute Gasteiger partial charge is 0.319 e. The Morgan fingerprint density at radius 2 is 2.04 bits per heavy atom. The maximum atomic E-state index is 12.6. The second kappa shape index (κ2) is 8.05. The lowest BCUT2D eigenvalue weighted by atomic mass is 10.1. The van der Waals surface area contributed by atoms with Crippen molar-refractivity contribution in [2.75, 3.05) is 0 Å². The molecule has 0 spiro atoms. The third kappa shape index (κ3) is 3.99. The van der Waals surface area contributed by atoms with Gasteiger partial charge in [0.2, 0.25) is 0 Å². The van der Waals surface area contributed by atoms with Gasteiger partial charge in [-0.2, -0.15) is 0 Å². The largest absolute Gasteiger partial charge is 0.462 e. The summed E-state index contributed by atoms with van der Waals surface area (Å²) in [4.78, 5) is 32.7. The summed E-state index contributed by atoms with van der Waals surface area (Å²) in [6, 6.07) is 9.76. The van der Waals surface area contributed by atoms with Crippen molar-refractivity contribution in [3.8, 4) is 11.1 Å². The highest BCUT2D eigenvalue weighted by molar-refractivity contribution is 8.00. The highest BCUT2D eigenvalue weighted by Gasteiger charge is 2.20. The molecule has 0 bridgehead atoms. The molecule has 0 radical (unpaired) electrons. The maximum absolute atomic E-state index is 12.6. The van der Waals surface area contributed by atoms with E-state index in [4.69, 9.17) is 4.74 Å². The molecular weight excluding hydrogens is 368 g/mol. The lowest BCUT2D eigenvalue weighted by Crippen LogP contribution is -2.22. The van der Waals surface area contributed by atoms with E-state index in [1.54, 1.807) is 6.92 Å². The second-order valence-corrected chi connectivity index (χ2v) is 8.17. The number of nitrogens with one attached hydrogen (secondary N) is 1. The third-order valence-electron chi connectivity index (χ3n) is 4.02. The van der Waals surface area contributed by atoms with Gasteiger partial charge in [0.05, 0.1) is 11.5 Å². The fourth-order valence-corrected chi connectivity index (χ4v) is 4.20. The summed E-state index contributed by atoms with van der Waals surface area (Å²) in [5.74, 6) is -0.303. The molecule has 136 valence electrons. The first-order valence-corrected chi connectivity index (χ1v) is 10.2. The van der Waals surface area contributed by atoms with Crippen LogP contribution in [0.3, 0.4) is 0 Å². The quantitative estimate of drug-likeness (QED) is 0.383. The van der Waals surface area contributed by atoms with E-state index in [9.17, 15) is 9.59 Å². The molecule has 2 unspecified atom stereocenters. The van der Waals surface area contributed by atoms with Gasteiger partial charge in [-0.3, -0.25) is 9.59 Å². The van der Waals surface area contributed by atoms with Crippen molar-refractivity contribution in [1.82, 2.24) is 9.97 Å². The van der Waals surface area contributed by atoms with Crippen LogP contribution in [0.2, 0.25) is 0 Å². The number of carbonyl (C=O) groups is 1. The lowest BCUT2D eigenvalue weighted by molar-refractivity contribution is -0.147. The molecule has 5 nitrogen and oxygen atoms in total. The van der Waals surface area contributed by atoms with E-state index < -0.39 is 5.25 Å². The number of esters is 1. The van der Waals surface area contributed by atoms with Crippen molar-refractivity contribution in [3.05, 3.63) is 46.1 Å². The molecule has 0 fully saturated rings. The van der Waals surface area contributed by atoms with Crippen LogP contribution in [0.1, 0.15) is 27.2 Å². The zero-order chi connectivity index (χ0) is 18.7. The number of nitrogens with zero attached hydrogens (tertiary/aromatic N) is 1. The highest BCUT2D eigenvalue weighted by Crippen LogP contribution is 2.32. The van der Waals surface area contributed by atoms with Gasteiger partial charge in [0.25, 0.3) is 5.56 Å². The Labute approximate surface area is 159 Å². The molecule has 3 rings (SSSR count). The third-order valence-corrected chi connectivity index (χ3v) is 5.85. The van der Waals surface area contributed by atoms with E-state index in [1.807, 2.05) is 49.6 Å². The fraction of sp³-hybridized carbons (Fsp3) is 0.316. The van der Waals surface area contributed by atoms with Crippen molar-refractivity contribution in [2.24, 2.45) is 0 Å². The van der Waals surface area contributed by atoms with Crippen molar-refractivity contribution < 1.29 is 9.53 Å². The highest BCUT2D eigenvalue weighted by atomic mass is 32.2. The maximum Gasteiger partial charge on any atom is 0.319 e. The second-order valence-electron chi connectivity index (χ2n) is 5.98. The van der Waals surface area contributed by atoms with Crippen molar-refractivity contribution >= 4 is 39.3 Å². The van der Waals surface area contributed by atoms with Crippen LogP contribution in [0.5, 0.6) is 0 Å². The van der Waals surface area contributed by atoms with Gasteiger partial charge in [0.1, 0.15) is 10.1 Å². The molecule has 0 saturated carbocycles. The number of hydrogen-bond donors (Lipinski definition) is 1. The minimum atomic E-state index is -0.446. The summed E-state index contributed by atoms with van der Waals surface area (Å²) in [6.07, 6.45) is 0.646. The molecule has 0 aliphatic carbocycles. The Morgan fingerprint density at radius 3 is 2.73 bits per heavy atom. The molecule has 1 aromatic carbocycles. The number of thioether (sulfide) groups is 1. The fourth-order valence-electron chi connectivity index (χ4n) is 2.41. The first kappa shape index (κ1) is 18.7. The molecule has 0 saturated heterocycles. The predicted molar refractivity (Wildman–Crippen MR) is 107 cm³/mol. The van der Waals surface area contributed by atoms with Gasteiger partial charge in [-0.25, -0.2) is 4.98 Å². The van der Waals surface area contributed by atoms with Gasteiger partial charge in [-0.05, 0) is 25.8 Å². The lowest BCUT2D eigenvalue weighted by Gasteiger charge is -2.14. The normalized spacial score (nSPS) is 13.5. The van der Waals surface area contributed by atoms with E-state index in [0.717, 1.165) is 17.5 Å². The van der Waals surface area contributed by atoms with Gasteiger partial charge < -0.3 is 9.72 Å². The average Bonchev–Trinajstić information content (AvgIpc) is 3.06. The number of fused-ring (bicyclic) bond motifs is 1. The molecule has 2 aromatic heterocycles. The number of rotatable bonds is 6. The number of thiophene rings is 1. The number of carbonyl (C=O) groups excluding carboxylic acids is 1. The Balaban J connectivity index is 1.86. The average molecular weight is 389 g/mol. The molecular formula is C19H20N2O3S2. The monoisotopic (exact) mass is 388 g/mol. The molecule has 2 atom stereocenters. The van der Waals surface area contributed by atoms with Crippen LogP contribution < -0.4 is 5.56 Å². The van der Waals surface area contributed by atoms with Crippen LogP contribution >= 0.6 is 23.1 Å². The van der Waals surface area contributed by atoms with Crippen molar-refractivity contribution in [1.29, 1.82) is 0 Å². The number of ether oxygens (including phenoxy) is 1. The Hall–Kier alpha value is -2.12. The van der Waals surface area contributed by atoms with E-state index >= 15 is 0 Å². The molecule has 7 heteroatoms. The summed E-state index contributed by atoms with van der Waals surface area (Å²) >= 11 is 2.63. The number of aromatic nitrogens is 2. The Bertz CT molecular complexity index is 966. The predicted octanol–water partition coefficient (Wildman–Crippen LogP) is 4.47. The van der Waals surface area contributed by atoms with Gasteiger partial charge in [-0.15, -0.1) is 11.3 Å². The van der Waals surface area contributed by atoms with Crippen LogP contribution in [0.15, 0.2) is 45.7 Å². The van der Waals surface area contributed by atoms with E-state index in [2.05, 4.69) is 9.97 Å². The number of aromatic amines is 1. The molecule has 26 heavy (non-hydrogen) atoms. The van der Waals surface area contributed by atoms with Crippen LogP contribution in [-0.4, -0.2) is 27.3 Å². The topological polar surface area (TPSA) is 72.0 Å². The minimum Gasteiger partial charge on any atom is -0.462 e. The number of hydrogen-bond acceptors (Lipinski definition) is 6. The molecule has 3 aromatic rings. The first-order valence-electron chi connectivity index (χ1n) is 8.43. The van der Waals surface area contributed by atoms with Crippen LogP contribution in [0.25, 0.3) is 21.3 Å². The van der Waals surface area contributed by atoms with E-state index in [1.165, 1.54) is 23.1 Å². The summed E-state index contributed by atoms with van der Waals surface area (Å²) in [5.41, 5.74) is 1.66. The number of benzene rings is 1. The van der Waals surface area contributed by atoms with Crippen LogP contribution in [0, 0.1) is 0 Å². The van der Waals surface area contributed by atoms with E-state index in [-0.39, 0.29) is 17.6 Å². The van der Waals surface area contributed by atoms with Gasteiger partial charge in [0.15, 0.2) is 5.16 Å². The molecule has 1 N–H and O–H groups in total. The Kier molecular flexibility index (Phi) is 5.78.